The lowest BCUT2D eigenvalue weighted by atomic mass is 9.33. The van der Waals surface area contributed by atoms with Crippen molar-refractivity contribution in [2.24, 2.45) is 0 Å². The van der Waals surface area contributed by atoms with Crippen LogP contribution in [0.1, 0.15) is 84.6 Å². The highest BCUT2D eigenvalue weighted by Gasteiger charge is 2.45. The smallest absolute Gasteiger partial charge is 0.311 e. The molecule has 12 aromatic carbocycles. The predicted molar refractivity (Wildman–Crippen MR) is 402 cm³/mol. The average Bonchev–Trinajstić information content (AvgIpc) is 0.811. The van der Waals surface area contributed by atoms with E-state index < -0.39 is 11.7 Å². The molecular formula is C88H72BF3N6. The van der Waals surface area contributed by atoms with Gasteiger partial charge < -0.3 is 14.4 Å². The molecule has 0 aliphatic carbocycles. The summed E-state index contributed by atoms with van der Waals surface area (Å²) in [5, 5.41) is 1.87. The van der Waals surface area contributed by atoms with E-state index in [1.54, 1.807) is 6.07 Å². The third kappa shape index (κ3) is 10.9. The van der Waals surface area contributed by atoms with Gasteiger partial charge in [-0.05, 0) is 168 Å². The number of fused-ring (bicyclic) bond motifs is 7. The van der Waals surface area contributed by atoms with Crippen LogP contribution in [0.4, 0.5) is 47.3 Å². The maximum absolute atomic E-state index is 15.3. The normalized spacial score (nSPS) is 13.0. The molecule has 0 fully saturated rings. The molecule has 14 aromatic rings. The standard InChI is InChI=1S/C88H72BF3N6/c1-85(2,3)63-35-43-69-70-48-61(34-46-74(70)98(76(69)52-63)75-47-38-66(88(90,91)92)51-71(75)84-94-82(59-26-18-12-19-27-59)93-83(95-84)60-28-20-13-21-29-60)62-49-79-81-80(50-62)97(68-41-32-58(33-42-68)56-24-16-11-17-25-56)78-54-65(87(7,8)9)37-45-73(78)89(81)72-44-36-64(86(4,5)6)53-77(72)96(79)67-39-30-57(31-40-67)55-22-14-10-15-23-55/h10-54H,1-9H3. The fourth-order valence-electron chi connectivity index (χ4n) is 14.5. The molecule has 0 saturated heterocycles. The molecule has 478 valence electrons. The second kappa shape index (κ2) is 23.3. The Kier molecular flexibility index (Phi) is 14.7. The summed E-state index contributed by atoms with van der Waals surface area (Å²) in [5.41, 5.74) is 22.5. The van der Waals surface area contributed by atoms with Crippen LogP contribution in [0.2, 0.25) is 0 Å². The summed E-state index contributed by atoms with van der Waals surface area (Å²) in [4.78, 5) is 20.1. The van der Waals surface area contributed by atoms with Crippen LogP contribution in [0, 0.1) is 0 Å². The van der Waals surface area contributed by atoms with Crippen LogP contribution in [-0.4, -0.2) is 26.2 Å². The molecule has 0 radical (unpaired) electrons. The van der Waals surface area contributed by atoms with Crippen LogP contribution >= 0.6 is 0 Å². The molecule has 0 bridgehead atoms. The lowest BCUT2D eigenvalue weighted by molar-refractivity contribution is -0.137. The third-order valence-corrected chi connectivity index (χ3v) is 19.7. The van der Waals surface area contributed by atoms with Gasteiger partial charge in [-0.3, -0.25) is 0 Å². The van der Waals surface area contributed by atoms with Crippen molar-refractivity contribution in [3.8, 4) is 73.2 Å². The molecule has 2 aliphatic heterocycles. The minimum Gasteiger partial charge on any atom is -0.311 e. The van der Waals surface area contributed by atoms with E-state index in [9.17, 15) is 0 Å². The first kappa shape index (κ1) is 61.8. The van der Waals surface area contributed by atoms with Crippen LogP contribution in [0.25, 0.3) is 95.0 Å². The van der Waals surface area contributed by atoms with Crippen molar-refractivity contribution in [1.82, 2.24) is 19.5 Å². The molecule has 0 amide bonds. The first-order valence-electron chi connectivity index (χ1n) is 33.7. The Balaban J connectivity index is 0.972. The van der Waals surface area contributed by atoms with E-state index in [0.29, 0.717) is 28.5 Å². The highest BCUT2D eigenvalue weighted by atomic mass is 19.4. The minimum absolute atomic E-state index is 0.115. The summed E-state index contributed by atoms with van der Waals surface area (Å²) < 4.78 is 48.1. The summed E-state index contributed by atoms with van der Waals surface area (Å²) >= 11 is 0. The molecular weight excluding hydrogens is 1210 g/mol. The second-order valence-electron chi connectivity index (χ2n) is 29.2. The van der Waals surface area contributed by atoms with E-state index in [-0.39, 0.29) is 34.3 Å². The zero-order valence-electron chi connectivity index (χ0n) is 56.4. The van der Waals surface area contributed by atoms with E-state index in [1.807, 2.05) is 60.7 Å². The average molecular weight is 1280 g/mol. The van der Waals surface area contributed by atoms with Gasteiger partial charge in [0.2, 0.25) is 0 Å². The zero-order chi connectivity index (χ0) is 67.6. The number of rotatable bonds is 9. The van der Waals surface area contributed by atoms with Gasteiger partial charge in [0, 0.05) is 61.6 Å². The Hall–Kier alpha value is -11.1. The number of nitrogens with zero attached hydrogens (tertiary/aromatic N) is 6. The van der Waals surface area contributed by atoms with E-state index in [0.717, 1.165) is 94.9 Å². The Morgan fingerprint density at radius 3 is 1.16 bits per heavy atom. The Morgan fingerprint density at radius 1 is 0.296 bits per heavy atom. The van der Waals surface area contributed by atoms with Crippen molar-refractivity contribution >= 4 is 79.0 Å². The predicted octanol–water partition coefficient (Wildman–Crippen LogP) is 22.0. The quantitative estimate of drug-likeness (QED) is 0.135. The number of aromatic nitrogens is 4. The first-order chi connectivity index (χ1) is 47.1. The molecule has 6 nitrogen and oxygen atoms in total. The fraction of sp³-hybridized carbons (Fsp3) is 0.148. The molecule has 10 heteroatoms. The van der Waals surface area contributed by atoms with E-state index in [2.05, 4.69) is 271 Å². The number of alkyl halides is 3. The third-order valence-electron chi connectivity index (χ3n) is 19.7. The highest BCUT2D eigenvalue weighted by Crippen LogP contribution is 2.50. The van der Waals surface area contributed by atoms with Crippen LogP contribution < -0.4 is 26.2 Å². The van der Waals surface area contributed by atoms with E-state index >= 15 is 13.2 Å². The summed E-state index contributed by atoms with van der Waals surface area (Å²) in [5.74, 6) is 0.804. The fourth-order valence-corrected chi connectivity index (χ4v) is 14.5. The lowest BCUT2D eigenvalue weighted by Gasteiger charge is -2.45. The molecule has 2 aromatic heterocycles. The van der Waals surface area contributed by atoms with Crippen LogP contribution in [0.3, 0.4) is 0 Å². The van der Waals surface area contributed by atoms with Gasteiger partial charge in [-0.15, -0.1) is 0 Å². The second-order valence-corrected chi connectivity index (χ2v) is 29.2. The van der Waals surface area contributed by atoms with Crippen LogP contribution in [-0.2, 0) is 22.4 Å². The minimum atomic E-state index is -4.68. The molecule has 0 unspecified atom stereocenters. The van der Waals surface area contributed by atoms with Crippen molar-refractivity contribution in [1.29, 1.82) is 0 Å². The van der Waals surface area contributed by atoms with E-state index in [1.165, 1.54) is 39.6 Å². The van der Waals surface area contributed by atoms with Crippen molar-refractivity contribution in [3.05, 3.63) is 295 Å². The summed E-state index contributed by atoms with van der Waals surface area (Å²) in [6.07, 6.45) is -4.68. The maximum atomic E-state index is 15.3. The Bertz CT molecular complexity index is 5190. The van der Waals surface area contributed by atoms with Crippen molar-refractivity contribution in [2.75, 3.05) is 9.80 Å². The van der Waals surface area contributed by atoms with Crippen molar-refractivity contribution in [2.45, 2.75) is 84.7 Å². The van der Waals surface area contributed by atoms with Gasteiger partial charge in [0.05, 0.1) is 22.3 Å². The molecule has 0 saturated carbocycles. The van der Waals surface area contributed by atoms with Gasteiger partial charge in [0.25, 0.3) is 6.71 Å². The van der Waals surface area contributed by atoms with Gasteiger partial charge in [-0.25, -0.2) is 15.0 Å². The Labute approximate surface area is 571 Å². The summed E-state index contributed by atoms with van der Waals surface area (Å²) in [7, 11) is 0. The maximum Gasteiger partial charge on any atom is 0.416 e. The van der Waals surface area contributed by atoms with E-state index in [4.69, 9.17) is 15.0 Å². The molecule has 0 N–H and O–H groups in total. The summed E-state index contributed by atoms with van der Waals surface area (Å²) in [6.45, 7) is 20.1. The van der Waals surface area contributed by atoms with Gasteiger partial charge in [0.1, 0.15) is 0 Å². The van der Waals surface area contributed by atoms with Gasteiger partial charge >= 0.3 is 6.18 Å². The summed E-state index contributed by atoms with van der Waals surface area (Å²) in [6, 6.07) is 94.4. The largest absolute Gasteiger partial charge is 0.416 e. The molecule has 0 spiro atoms. The van der Waals surface area contributed by atoms with Crippen molar-refractivity contribution in [3.63, 3.8) is 0 Å². The molecule has 16 rings (SSSR count). The van der Waals surface area contributed by atoms with Gasteiger partial charge in [-0.1, -0.05) is 250 Å². The van der Waals surface area contributed by atoms with Gasteiger partial charge in [-0.2, -0.15) is 13.2 Å². The molecule has 2 aliphatic rings. The Morgan fingerprint density at radius 2 is 0.704 bits per heavy atom. The topological polar surface area (TPSA) is 50.1 Å². The number of benzene rings is 12. The zero-order valence-corrected chi connectivity index (χ0v) is 56.4. The molecule has 4 heterocycles. The molecule has 0 atom stereocenters. The monoisotopic (exact) mass is 1280 g/mol. The van der Waals surface area contributed by atoms with Gasteiger partial charge in [0.15, 0.2) is 17.5 Å². The first-order valence-corrected chi connectivity index (χ1v) is 33.7. The molecule has 98 heavy (non-hydrogen) atoms. The van der Waals surface area contributed by atoms with Crippen LogP contribution in [0.15, 0.2) is 273 Å². The number of hydrogen-bond acceptors (Lipinski definition) is 5. The van der Waals surface area contributed by atoms with Crippen molar-refractivity contribution < 1.29 is 13.2 Å². The lowest BCUT2D eigenvalue weighted by Crippen LogP contribution is -2.61. The number of anilines is 6. The highest BCUT2D eigenvalue weighted by molar-refractivity contribution is 7.00. The SMILES string of the molecule is CC(C)(C)c1ccc2c(c1)N(c1ccc(-c3ccccc3)cc1)c1cc(-c3ccc4c(c3)c3ccc(C(C)(C)C)cc3n4-c3ccc(C(F)(F)F)cc3-c3nc(-c4ccccc4)nc(-c4ccccc4)n3)cc3c1B2c1ccc(C(C)(C)C)cc1N3c1ccc(-c2ccccc2)cc1. The number of halogens is 3. The number of hydrogen-bond donors (Lipinski definition) is 0. The van der Waals surface area contributed by atoms with Crippen LogP contribution in [0.5, 0.6) is 0 Å².